The van der Waals surface area contributed by atoms with Crippen molar-refractivity contribution in [1.82, 2.24) is 4.57 Å². The van der Waals surface area contributed by atoms with Gasteiger partial charge in [-0.05, 0) is 29.8 Å². The van der Waals surface area contributed by atoms with Gasteiger partial charge in [-0.15, -0.1) is 0 Å². The number of nitrogens with zero attached hydrogens (tertiary/aromatic N) is 1. The first-order chi connectivity index (χ1) is 7.31. The highest BCUT2D eigenvalue weighted by Gasteiger charge is 2.10. The summed E-state index contributed by atoms with van der Waals surface area (Å²) in [5, 5.41) is 10.1. The summed E-state index contributed by atoms with van der Waals surface area (Å²) in [6.07, 6.45) is 3.88. The third kappa shape index (κ3) is 2.22. The summed E-state index contributed by atoms with van der Waals surface area (Å²) < 4.78 is 1.98. The van der Waals surface area contributed by atoms with Crippen molar-refractivity contribution < 1.29 is 5.11 Å². The SMILES string of the molecule is OC[C@H](c1ccc(Cl)cc1)n1cccc1. The van der Waals surface area contributed by atoms with Crippen LogP contribution in [0.1, 0.15) is 11.6 Å². The zero-order chi connectivity index (χ0) is 10.7. The molecule has 1 N–H and O–H groups in total. The zero-order valence-electron chi connectivity index (χ0n) is 8.18. The van der Waals surface area contributed by atoms with E-state index in [1.54, 1.807) is 0 Å². The van der Waals surface area contributed by atoms with Crippen molar-refractivity contribution >= 4 is 11.6 Å². The molecule has 1 aromatic carbocycles. The van der Waals surface area contributed by atoms with E-state index in [-0.39, 0.29) is 12.6 Å². The van der Waals surface area contributed by atoms with Gasteiger partial charge in [0.2, 0.25) is 0 Å². The molecule has 0 fully saturated rings. The summed E-state index contributed by atoms with van der Waals surface area (Å²) in [7, 11) is 0. The van der Waals surface area contributed by atoms with Crippen LogP contribution < -0.4 is 0 Å². The van der Waals surface area contributed by atoms with E-state index in [9.17, 15) is 5.11 Å². The van der Waals surface area contributed by atoms with Gasteiger partial charge in [-0.3, -0.25) is 0 Å². The smallest absolute Gasteiger partial charge is 0.0811 e. The summed E-state index contributed by atoms with van der Waals surface area (Å²) in [5.74, 6) is 0. The van der Waals surface area contributed by atoms with E-state index in [0.29, 0.717) is 5.02 Å². The highest BCUT2D eigenvalue weighted by atomic mass is 35.5. The van der Waals surface area contributed by atoms with Crippen LogP contribution in [-0.4, -0.2) is 16.3 Å². The largest absolute Gasteiger partial charge is 0.394 e. The molecule has 0 aliphatic heterocycles. The molecule has 0 saturated heterocycles. The minimum absolute atomic E-state index is 0.0303. The first-order valence-corrected chi connectivity index (χ1v) is 5.18. The van der Waals surface area contributed by atoms with Crippen LogP contribution in [0.4, 0.5) is 0 Å². The molecule has 0 aliphatic rings. The maximum absolute atomic E-state index is 9.37. The van der Waals surface area contributed by atoms with Gasteiger partial charge in [0.15, 0.2) is 0 Å². The summed E-state index contributed by atoms with van der Waals surface area (Å²) >= 11 is 5.82. The minimum atomic E-state index is -0.0303. The molecule has 1 aromatic heterocycles. The average Bonchev–Trinajstić information content (AvgIpc) is 2.75. The maximum Gasteiger partial charge on any atom is 0.0811 e. The number of hydrogen-bond acceptors (Lipinski definition) is 1. The predicted octanol–water partition coefficient (Wildman–Crippen LogP) is 2.72. The van der Waals surface area contributed by atoms with E-state index in [2.05, 4.69) is 0 Å². The van der Waals surface area contributed by atoms with Crippen LogP contribution in [0.3, 0.4) is 0 Å². The molecule has 15 heavy (non-hydrogen) atoms. The Bertz CT molecular complexity index is 408. The number of aromatic nitrogens is 1. The normalized spacial score (nSPS) is 12.7. The van der Waals surface area contributed by atoms with E-state index in [1.807, 2.05) is 53.4 Å². The molecular formula is C12H12ClNO. The van der Waals surface area contributed by atoms with Gasteiger partial charge in [-0.2, -0.15) is 0 Å². The lowest BCUT2D eigenvalue weighted by molar-refractivity contribution is 0.249. The molecular weight excluding hydrogens is 210 g/mol. The molecule has 0 spiro atoms. The summed E-state index contributed by atoms with van der Waals surface area (Å²) in [6, 6.07) is 11.4. The van der Waals surface area contributed by atoms with Crippen molar-refractivity contribution in [2.45, 2.75) is 6.04 Å². The van der Waals surface area contributed by atoms with Crippen molar-refractivity contribution in [2.24, 2.45) is 0 Å². The van der Waals surface area contributed by atoms with Gasteiger partial charge in [0, 0.05) is 17.4 Å². The monoisotopic (exact) mass is 221 g/mol. The Morgan fingerprint density at radius 1 is 1.13 bits per heavy atom. The molecule has 0 amide bonds. The molecule has 2 nitrogen and oxygen atoms in total. The quantitative estimate of drug-likeness (QED) is 0.847. The number of rotatable bonds is 3. The number of benzene rings is 1. The standard InChI is InChI=1S/C12H12ClNO/c13-11-5-3-10(4-6-11)12(9-15)14-7-1-2-8-14/h1-8,12,15H,9H2/t12-/m1/s1. The van der Waals surface area contributed by atoms with Gasteiger partial charge in [0.1, 0.15) is 0 Å². The zero-order valence-corrected chi connectivity index (χ0v) is 8.93. The molecule has 0 saturated carbocycles. The second-order valence-corrected chi connectivity index (χ2v) is 3.82. The first kappa shape index (κ1) is 10.3. The molecule has 3 heteroatoms. The molecule has 2 aromatic rings. The van der Waals surface area contributed by atoms with Crippen LogP contribution in [0.15, 0.2) is 48.8 Å². The van der Waals surface area contributed by atoms with Crippen molar-refractivity contribution in [2.75, 3.05) is 6.61 Å². The second-order valence-electron chi connectivity index (χ2n) is 3.38. The van der Waals surface area contributed by atoms with Crippen molar-refractivity contribution in [3.8, 4) is 0 Å². The van der Waals surface area contributed by atoms with Crippen molar-refractivity contribution in [3.63, 3.8) is 0 Å². The molecule has 78 valence electrons. The Hall–Kier alpha value is -1.25. The lowest BCUT2D eigenvalue weighted by Crippen LogP contribution is -2.12. The Morgan fingerprint density at radius 2 is 1.73 bits per heavy atom. The van der Waals surface area contributed by atoms with E-state index in [4.69, 9.17) is 11.6 Å². The number of aliphatic hydroxyl groups is 1. The van der Waals surface area contributed by atoms with Gasteiger partial charge >= 0.3 is 0 Å². The summed E-state index contributed by atoms with van der Waals surface area (Å²) in [5.41, 5.74) is 1.05. The number of halogens is 1. The molecule has 1 heterocycles. The van der Waals surface area contributed by atoms with Gasteiger partial charge in [-0.1, -0.05) is 23.7 Å². The van der Waals surface area contributed by atoms with Crippen LogP contribution in [0.2, 0.25) is 5.02 Å². The van der Waals surface area contributed by atoms with E-state index < -0.39 is 0 Å². The average molecular weight is 222 g/mol. The summed E-state index contributed by atoms with van der Waals surface area (Å²) in [4.78, 5) is 0. The van der Waals surface area contributed by atoms with Crippen molar-refractivity contribution in [1.29, 1.82) is 0 Å². The maximum atomic E-state index is 9.37. The Morgan fingerprint density at radius 3 is 2.27 bits per heavy atom. The third-order valence-corrected chi connectivity index (χ3v) is 2.67. The molecule has 0 radical (unpaired) electrons. The minimum Gasteiger partial charge on any atom is -0.394 e. The fourth-order valence-corrected chi connectivity index (χ4v) is 1.74. The molecule has 1 atom stereocenters. The molecule has 0 aliphatic carbocycles. The first-order valence-electron chi connectivity index (χ1n) is 4.80. The highest BCUT2D eigenvalue weighted by molar-refractivity contribution is 6.30. The third-order valence-electron chi connectivity index (χ3n) is 2.42. The lowest BCUT2D eigenvalue weighted by Gasteiger charge is -2.16. The van der Waals surface area contributed by atoms with E-state index >= 15 is 0 Å². The van der Waals surface area contributed by atoms with Gasteiger partial charge < -0.3 is 9.67 Å². The summed E-state index contributed by atoms with van der Waals surface area (Å²) in [6.45, 7) is 0.0797. The van der Waals surface area contributed by atoms with Crippen molar-refractivity contribution in [3.05, 3.63) is 59.4 Å². The molecule has 0 unspecified atom stereocenters. The fraction of sp³-hybridized carbons (Fsp3) is 0.167. The van der Waals surface area contributed by atoms with Gasteiger partial charge in [0.05, 0.1) is 12.6 Å². The topological polar surface area (TPSA) is 25.2 Å². The fourth-order valence-electron chi connectivity index (χ4n) is 1.61. The van der Waals surface area contributed by atoms with Gasteiger partial charge in [-0.25, -0.2) is 0 Å². The second kappa shape index (κ2) is 4.51. The Balaban J connectivity index is 2.31. The Kier molecular flexibility index (Phi) is 3.09. The van der Waals surface area contributed by atoms with Crippen LogP contribution >= 0.6 is 11.6 Å². The Labute approximate surface area is 93.7 Å². The highest BCUT2D eigenvalue weighted by Crippen LogP contribution is 2.20. The lowest BCUT2D eigenvalue weighted by atomic mass is 10.1. The predicted molar refractivity (Wildman–Crippen MR) is 61.1 cm³/mol. The van der Waals surface area contributed by atoms with E-state index in [0.717, 1.165) is 5.56 Å². The van der Waals surface area contributed by atoms with Crippen LogP contribution in [0, 0.1) is 0 Å². The van der Waals surface area contributed by atoms with Gasteiger partial charge in [0.25, 0.3) is 0 Å². The van der Waals surface area contributed by atoms with Crippen LogP contribution in [0.25, 0.3) is 0 Å². The molecule has 2 rings (SSSR count). The number of hydrogen-bond donors (Lipinski definition) is 1. The molecule has 0 bridgehead atoms. The number of aliphatic hydroxyl groups excluding tert-OH is 1. The van der Waals surface area contributed by atoms with Crippen LogP contribution in [0.5, 0.6) is 0 Å². The van der Waals surface area contributed by atoms with Crippen LogP contribution in [-0.2, 0) is 0 Å². The van der Waals surface area contributed by atoms with E-state index in [1.165, 1.54) is 0 Å².